The van der Waals surface area contributed by atoms with Gasteiger partial charge in [0.15, 0.2) is 5.82 Å². The number of piperidine rings is 1. The quantitative estimate of drug-likeness (QED) is 0.863. The lowest BCUT2D eigenvalue weighted by Gasteiger charge is -2.26. The fourth-order valence-corrected chi connectivity index (χ4v) is 2.67. The summed E-state index contributed by atoms with van der Waals surface area (Å²) in [4.78, 5) is 11.3. The Morgan fingerprint density at radius 2 is 2.05 bits per heavy atom. The van der Waals surface area contributed by atoms with Gasteiger partial charge in [-0.05, 0) is 38.3 Å². The molecule has 2 aromatic rings. The molecular weight excluding hydrogens is 266 g/mol. The van der Waals surface area contributed by atoms with E-state index in [0.717, 1.165) is 24.6 Å². The zero-order valence-electron chi connectivity index (χ0n) is 12.6. The molecule has 0 unspecified atom stereocenters. The number of rotatable bonds is 4. The van der Waals surface area contributed by atoms with E-state index < -0.39 is 0 Å². The van der Waals surface area contributed by atoms with E-state index in [4.69, 9.17) is 9.72 Å². The SMILES string of the molecule is CCOc1ncccc1-c1nc(N2CCCCC2)n(C)n1. The second kappa shape index (κ2) is 6.11. The van der Waals surface area contributed by atoms with Crippen LogP contribution in [-0.4, -0.2) is 39.4 Å². The van der Waals surface area contributed by atoms with Crippen LogP contribution in [0.4, 0.5) is 5.95 Å². The smallest absolute Gasteiger partial charge is 0.224 e. The van der Waals surface area contributed by atoms with Crippen molar-refractivity contribution in [3.63, 3.8) is 0 Å². The van der Waals surface area contributed by atoms with E-state index >= 15 is 0 Å². The summed E-state index contributed by atoms with van der Waals surface area (Å²) in [6.45, 7) is 4.63. The molecular formula is C15H21N5O. The molecule has 0 saturated carbocycles. The van der Waals surface area contributed by atoms with Gasteiger partial charge in [0.05, 0.1) is 12.2 Å². The zero-order chi connectivity index (χ0) is 14.7. The second-order valence-electron chi connectivity index (χ2n) is 5.20. The van der Waals surface area contributed by atoms with Gasteiger partial charge in [-0.2, -0.15) is 4.98 Å². The number of aromatic nitrogens is 4. The summed E-state index contributed by atoms with van der Waals surface area (Å²) in [6, 6.07) is 3.84. The van der Waals surface area contributed by atoms with Crippen molar-refractivity contribution in [2.45, 2.75) is 26.2 Å². The maximum absolute atomic E-state index is 5.57. The van der Waals surface area contributed by atoms with Crippen LogP contribution in [0.1, 0.15) is 26.2 Å². The van der Waals surface area contributed by atoms with E-state index in [1.807, 2.05) is 30.8 Å². The Hall–Kier alpha value is -2.11. The average Bonchev–Trinajstić information content (AvgIpc) is 2.91. The van der Waals surface area contributed by atoms with Crippen LogP contribution >= 0.6 is 0 Å². The average molecular weight is 287 g/mol. The molecule has 0 aromatic carbocycles. The predicted molar refractivity (Wildman–Crippen MR) is 81.5 cm³/mol. The van der Waals surface area contributed by atoms with Crippen molar-refractivity contribution in [1.29, 1.82) is 0 Å². The summed E-state index contributed by atoms with van der Waals surface area (Å²) in [5.41, 5.74) is 0.846. The monoisotopic (exact) mass is 287 g/mol. The maximum Gasteiger partial charge on any atom is 0.224 e. The summed E-state index contributed by atoms with van der Waals surface area (Å²) in [5.74, 6) is 2.20. The molecule has 0 aliphatic carbocycles. The first-order valence-corrected chi connectivity index (χ1v) is 7.53. The third-order valence-corrected chi connectivity index (χ3v) is 3.67. The van der Waals surface area contributed by atoms with Gasteiger partial charge >= 0.3 is 0 Å². The largest absolute Gasteiger partial charge is 0.477 e. The topological polar surface area (TPSA) is 56.1 Å². The highest BCUT2D eigenvalue weighted by Gasteiger charge is 2.19. The molecule has 1 aliphatic heterocycles. The Balaban J connectivity index is 1.93. The predicted octanol–water partition coefficient (Wildman–Crippen LogP) is 2.27. The van der Waals surface area contributed by atoms with Crippen LogP contribution in [0.25, 0.3) is 11.4 Å². The van der Waals surface area contributed by atoms with E-state index in [-0.39, 0.29) is 0 Å². The molecule has 3 heterocycles. The van der Waals surface area contributed by atoms with Crippen molar-refractivity contribution >= 4 is 5.95 Å². The number of anilines is 1. The van der Waals surface area contributed by atoms with Gasteiger partial charge in [0.1, 0.15) is 0 Å². The summed E-state index contributed by atoms with van der Waals surface area (Å²) >= 11 is 0. The molecule has 6 heteroatoms. The Morgan fingerprint density at radius 3 is 2.81 bits per heavy atom. The van der Waals surface area contributed by atoms with Crippen molar-refractivity contribution in [3.05, 3.63) is 18.3 Å². The number of ether oxygens (including phenoxy) is 1. The molecule has 1 aliphatic rings. The molecule has 21 heavy (non-hydrogen) atoms. The maximum atomic E-state index is 5.57. The highest BCUT2D eigenvalue weighted by molar-refractivity contribution is 5.62. The third kappa shape index (κ3) is 2.84. The Morgan fingerprint density at radius 1 is 1.24 bits per heavy atom. The lowest BCUT2D eigenvalue weighted by Crippen LogP contribution is -2.31. The van der Waals surface area contributed by atoms with E-state index in [1.165, 1.54) is 19.3 Å². The Bertz CT molecular complexity index is 604. The first-order chi connectivity index (χ1) is 10.3. The number of pyridine rings is 1. The number of hydrogen-bond acceptors (Lipinski definition) is 5. The fraction of sp³-hybridized carbons (Fsp3) is 0.533. The molecule has 0 amide bonds. The molecule has 0 bridgehead atoms. The van der Waals surface area contributed by atoms with Gasteiger partial charge < -0.3 is 9.64 Å². The molecule has 0 radical (unpaired) electrons. The van der Waals surface area contributed by atoms with Gasteiger partial charge in [0.2, 0.25) is 11.8 Å². The standard InChI is InChI=1S/C15H21N5O/c1-3-21-14-12(8-7-9-16-14)13-17-15(19(2)18-13)20-10-5-4-6-11-20/h7-9H,3-6,10-11H2,1-2H3. The highest BCUT2D eigenvalue weighted by Crippen LogP contribution is 2.27. The molecule has 0 N–H and O–H groups in total. The van der Waals surface area contributed by atoms with Crippen LogP contribution in [0.15, 0.2) is 18.3 Å². The van der Waals surface area contributed by atoms with Gasteiger partial charge in [-0.1, -0.05) is 0 Å². The van der Waals surface area contributed by atoms with Crippen LogP contribution in [-0.2, 0) is 7.05 Å². The minimum atomic E-state index is 0.579. The first-order valence-electron chi connectivity index (χ1n) is 7.53. The fourth-order valence-electron chi connectivity index (χ4n) is 2.67. The molecule has 6 nitrogen and oxygen atoms in total. The van der Waals surface area contributed by atoms with Gasteiger partial charge in [-0.25, -0.2) is 9.67 Å². The first kappa shape index (κ1) is 13.9. The molecule has 112 valence electrons. The van der Waals surface area contributed by atoms with Gasteiger partial charge in [0, 0.05) is 26.3 Å². The van der Waals surface area contributed by atoms with Gasteiger partial charge in [-0.3, -0.25) is 0 Å². The minimum absolute atomic E-state index is 0.579. The second-order valence-corrected chi connectivity index (χ2v) is 5.20. The van der Waals surface area contributed by atoms with Crippen molar-refractivity contribution < 1.29 is 4.74 Å². The van der Waals surface area contributed by atoms with Crippen molar-refractivity contribution in [2.75, 3.05) is 24.6 Å². The van der Waals surface area contributed by atoms with E-state index in [1.54, 1.807) is 6.20 Å². The van der Waals surface area contributed by atoms with E-state index in [9.17, 15) is 0 Å². The summed E-state index contributed by atoms with van der Waals surface area (Å²) < 4.78 is 7.42. The molecule has 1 saturated heterocycles. The van der Waals surface area contributed by atoms with E-state index in [2.05, 4.69) is 15.0 Å². The van der Waals surface area contributed by atoms with Crippen LogP contribution < -0.4 is 9.64 Å². The normalized spacial score (nSPS) is 15.2. The number of aryl methyl sites for hydroxylation is 1. The Labute approximate surface area is 124 Å². The number of hydrogen-bond donors (Lipinski definition) is 0. The zero-order valence-corrected chi connectivity index (χ0v) is 12.6. The number of nitrogens with zero attached hydrogens (tertiary/aromatic N) is 5. The lowest BCUT2D eigenvalue weighted by atomic mass is 10.1. The highest BCUT2D eigenvalue weighted by atomic mass is 16.5. The minimum Gasteiger partial charge on any atom is -0.477 e. The van der Waals surface area contributed by atoms with Crippen LogP contribution in [0, 0.1) is 0 Å². The van der Waals surface area contributed by atoms with Crippen molar-refractivity contribution in [2.24, 2.45) is 7.05 Å². The summed E-state index contributed by atoms with van der Waals surface area (Å²) in [6.07, 6.45) is 5.47. The Kier molecular flexibility index (Phi) is 4.03. The van der Waals surface area contributed by atoms with Gasteiger partial charge in [-0.15, -0.1) is 5.10 Å². The van der Waals surface area contributed by atoms with Crippen LogP contribution in [0.2, 0.25) is 0 Å². The lowest BCUT2D eigenvalue weighted by molar-refractivity contribution is 0.328. The molecule has 0 atom stereocenters. The van der Waals surface area contributed by atoms with Gasteiger partial charge in [0.25, 0.3) is 0 Å². The molecule has 3 rings (SSSR count). The van der Waals surface area contributed by atoms with Crippen molar-refractivity contribution in [3.8, 4) is 17.3 Å². The summed E-state index contributed by atoms with van der Waals surface area (Å²) in [7, 11) is 1.94. The molecule has 1 fully saturated rings. The summed E-state index contributed by atoms with van der Waals surface area (Å²) in [5, 5.41) is 4.54. The van der Waals surface area contributed by atoms with E-state index in [0.29, 0.717) is 18.3 Å². The molecule has 2 aromatic heterocycles. The third-order valence-electron chi connectivity index (χ3n) is 3.67. The van der Waals surface area contributed by atoms with Crippen LogP contribution in [0.3, 0.4) is 0 Å². The van der Waals surface area contributed by atoms with Crippen LogP contribution in [0.5, 0.6) is 5.88 Å². The van der Waals surface area contributed by atoms with Crippen molar-refractivity contribution in [1.82, 2.24) is 19.7 Å². The molecule has 0 spiro atoms.